The molecule has 0 spiro atoms. The van der Waals surface area contributed by atoms with Crippen LogP contribution in [0.4, 0.5) is 4.39 Å². The molecule has 1 N–H and O–H groups in total. The molecule has 1 aromatic carbocycles. The molecule has 5 heteroatoms. The summed E-state index contributed by atoms with van der Waals surface area (Å²) >= 11 is 3.31. The molecule has 2 aromatic rings. The van der Waals surface area contributed by atoms with E-state index < -0.39 is 0 Å². The van der Waals surface area contributed by atoms with Crippen LogP contribution < -0.4 is 5.32 Å². The van der Waals surface area contributed by atoms with Crippen LogP contribution in [0.1, 0.15) is 30.0 Å². The third kappa shape index (κ3) is 3.61. The summed E-state index contributed by atoms with van der Waals surface area (Å²) in [5.74, 6) is 0.500. The van der Waals surface area contributed by atoms with Gasteiger partial charge in [-0.3, -0.25) is 0 Å². The molecule has 1 unspecified atom stereocenters. The van der Waals surface area contributed by atoms with E-state index in [0.717, 1.165) is 23.6 Å². The highest BCUT2D eigenvalue weighted by Crippen LogP contribution is 2.25. The molecule has 0 fully saturated rings. The highest BCUT2D eigenvalue weighted by atomic mass is 79.9. The summed E-state index contributed by atoms with van der Waals surface area (Å²) < 4.78 is 14.1. The smallest absolute Gasteiger partial charge is 0.137 e. The Morgan fingerprint density at radius 3 is 2.85 bits per heavy atom. The van der Waals surface area contributed by atoms with Crippen molar-refractivity contribution in [2.45, 2.75) is 26.3 Å². The minimum atomic E-state index is -0.239. The summed E-state index contributed by atoms with van der Waals surface area (Å²) in [7, 11) is 0. The SMILES string of the molecule is CCNC(Cc1cccc(F)c1Br)c1ccnc(C)n1. The fraction of sp³-hybridized carbons (Fsp3) is 0.333. The van der Waals surface area contributed by atoms with E-state index in [2.05, 4.69) is 31.2 Å². The number of rotatable bonds is 5. The van der Waals surface area contributed by atoms with E-state index in [1.807, 2.05) is 26.0 Å². The van der Waals surface area contributed by atoms with Crippen LogP contribution in [0.3, 0.4) is 0 Å². The summed E-state index contributed by atoms with van der Waals surface area (Å²) in [6, 6.07) is 7.03. The second-order valence-electron chi connectivity index (χ2n) is 4.56. The monoisotopic (exact) mass is 337 g/mol. The topological polar surface area (TPSA) is 37.8 Å². The van der Waals surface area contributed by atoms with Gasteiger partial charge in [0.05, 0.1) is 16.2 Å². The number of hydrogen-bond donors (Lipinski definition) is 1. The number of benzene rings is 1. The molecule has 20 heavy (non-hydrogen) atoms. The summed E-state index contributed by atoms with van der Waals surface area (Å²) in [6.45, 7) is 4.73. The Balaban J connectivity index is 2.28. The number of hydrogen-bond acceptors (Lipinski definition) is 3. The summed E-state index contributed by atoms with van der Waals surface area (Å²) in [5.41, 5.74) is 1.85. The highest BCUT2D eigenvalue weighted by Gasteiger charge is 2.15. The number of aryl methyl sites for hydroxylation is 1. The van der Waals surface area contributed by atoms with Crippen molar-refractivity contribution in [1.29, 1.82) is 0 Å². The summed E-state index contributed by atoms with van der Waals surface area (Å²) in [5, 5.41) is 3.39. The molecule has 0 bridgehead atoms. The molecule has 1 atom stereocenters. The van der Waals surface area contributed by atoms with E-state index in [1.54, 1.807) is 12.3 Å². The fourth-order valence-corrected chi connectivity index (χ4v) is 2.55. The molecule has 0 saturated carbocycles. The van der Waals surface area contributed by atoms with E-state index in [-0.39, 0.29) is 11.9 Å². The van der Waals surface area contributed by atoms with Crippen LogP contribution >= 0.6 is 15.9 Å². The van der Waals surface area contributed by atoms with Crippen LogP contribution in [0.25, 0.3) is 0 Å². The Hall–Kier alpha value is -1.33. The van der Waals surface area contributed by atoms with Gasteiger partial charge in [-0.2, -0.15) is 0 Å². The first-order valence-corrected chi connectivity index (χ1v) is 7.37. The molecular formula is C15H17BrFN3. The van der Waals surface area contributed by atoms with Crippen molar-refractivity contribution in [2.75, 3.05) is 6.54 Å². The van der Waals surface area contributed by atoms with Gasteiger partial charge in [-0.25, -0.2) is 14.4 Å². The Morgan fingerprint density at radius 1 is 1.35 bits per heavy atom. The lowest BCUT2D eigenvalue weighted by atomic mass is 10.0. The van der Waals surface area contributed by atoms with Crippen LogP contribution in [0.2, 0.25) is 0 Å². The van der Waals surface area contributed by atoms with Crippen LogP contribution in [-0.4, -0.2) is 16.5 Å². The Morgan fingerprint density at radius 2 is 2.15 bits per heavy atom. The summed E-state index contributed by atoms with van der Waals surface area (Å²) in [6.07, 6.45) is 2.42. The minimum Gasteiger partial charge on any atom is -0.309 e. The maximum absolute atomic E-state index is 13.6. The van der Waals surface area contributed by atoms with Gasteiger partial charge in [-0.1, -0.05) is 19.1 Å². The van der Waals surface area contributed by atoms with Gasteiger partial charge in [0, 0.05) is 6.20 Å². The highest BCUT2D eigenvalue weighted by molar-refractivity contribution is 9.10. The van der Waals surface area contributed by atoms with E-state index in [4.69, 9.17) is 0 Å². The number of nitrogens with one attached hydrogen (secondary N) is 1. The number of likely N-dealkylation sites (N-methyl/N-ethyl adjacent to an activating group) is 1. The predicted molar refractivity (Wildman–Crippen MR) is 81.0 cm³/mol. The molecule has 0 saturated heterocycles. The Bertz CT molecular complexity index is 589. The van der Waals surface area contributed by atoms with Crippen molar-refractivity contribution in [1.82, 2.24) is 15.3 Å². The van der Waals surface area contributed by atoms with Crippen LogP contribution in [0, 0.1) is 12.7 Å². The number of halogens is 2. The minimum absolute atomic E-state index is 0.0415. The van der Waals surface area contributed by atoms with E-state index in [1.165, 1.54) is 6.07 Å². The van der Waals surface area contributed by atoms with Crippen molar-refractivity contribution >= 4 is 15.9 Å². The second kappa shape index (κ2) is 6.90. The van der Waals surface area contributed by atoms with Gasteiger partial charge in [-0.15, -0.1) is 0 Å². The number of nitrogens with zero attached hydrogens (tertiary/aromatic N) is 2. The van der Waals surface area contributed by atoms with Gasteiger partial charge in [0.15, 0.2) is 0 Å². The second-order valence-corrected chi connectivity index (χ2v) is 5.35. The first kappa shape index (κ1) is 15.1. The zero-order chi connectivity index (χ0) is 14.5. The Labute approximate surface area is 126 Å². The van der Waals surface area contributed by atoms with Gasteiger partial charge in [0.1, 0.15) is 11.6 Å². The molecule has 0 aliphatic heterocycles. The summed E-state index contributed by atoms with van der Waals surface area (Å²) in [4.78, 5) is 8.57. The van der Waals surface area contributed by atoms with Crippen molar-refractivity contribution in [2.24, 2.45) is 0 Å². The first-order chi connectivity index (χ1) is 9.61. The van der Waals surface area contributed by atoms with Gasteiger partial charge >= 0.3 is 0 Å². The predicted octanol–water partition coefficient (Wildman–Crippen LogP) is 3.58. The number of aromatic nitrogens is 2. The maximum atomic E-state index is 13.6. The largest absolute Gasteiger partial charge is 0.309 e. The van der Waals surface area contributed by atoms with Gasteiger partial charge in [-0.05, 0) is 53.5 Å². The molecule has 0 aliphatic rings. The average Bonchev–Trinajstić information content (AvgIpc) is 2.43. The van der Waals surface area contributed by atoms with Crippen LogP contribution in [0.15, 0.2) is 34.9 Å². The van der Waals surface area contributed by atoms with Gasteiger partial charge in [0.25, 0.3) is 0 Å². The van der Waals surface area contributed by atoms with Crippen molar-refractivity contribution in [3.63, 3.8) is 0 Å². The molecule has 0 radical (unpaired) electrons. The maximum Gasteiger partial charge on any atom is 0.137 e. The van der Waals surface area contributed by atoms with Crippen molar-refractivity contribution in [3.8, 4) is 0 Å². The van der Waals surface area contributed by atoms with Gasteiger partial charge < -0.3 is 5.32 Å². The van der Waals surface area contributed by atoms with Gasteiger partial charge in [0.2, 0.25) is 0 Å². The third-order valence-electron chi connectivity index (χ3n) is 3.06. The van der Waals surface area contributed by atoms with Crippen LogP contribution in [0.5, 0.6) is 0 Å². The molecule has 2 rings (SSSR count). The van der Waals surface area contributed by atoms with E-state index >= 15 is 0 Å². The first-order valence-electron chi connectivity index (χ1n) is 6.57. The molecule has 0 aliphatic carbocycles. The standard InChI is InChI=1S/C15H17BrFN3/c1-3-18-14(13-7-8-19-10(2)20-13)9-11-5-4-6-12(17)15(11)16/h4-8,14,18H,3,9H2,1-2H3. The quantitative estimate of drug-likeness (QED) is 0.906. The van der Waals surface area contributed by atoms with Crippen molar-refractivity contribution in [3.05, 3.63) is 57.8 Å². The molecule has 1 aromatic heterocycles. The molecule has 0 amide bonds. The average molecular weight is 338 g/mol. The third-order valence-corrected chi connectivity index (χ3v) is 3.95. The Kier molecular flexibility index (Phi) is 5.20. The molecule has 1 heterocycles. The zero-order valence-electron chi connectivity index (χ0n) is 11.5. The van der Waals surface area contributed by atoms with Crippen molar-refractivity contribution < 1.29 is 4.39 Å². The van der Waals surface area contributed by atoms with E-state index in [9.17, 15) is 4.39 Å². The lowest BCUT2D eigenvalue weighted by Gasteiger charge is -2.18. The normalized spacial score (nSPS) is 12.4. The van der Waals surface area contributed by atoms with E-state index in [0.29, 0.717) is 10.9 Å². The zero-order valence-corrected chi connectivity index (χ0v) is 13.1. The molecule has 3 nitrogen and oxygen atoms in total. The van der Waals surface area contributed by atoms with Crippen LogP contribution in [-0.2, 0) is 6.42 Å². The fourth-order valence-electron chi connectivity index (χ4n) is 2.12. The molecule has 106 valence electrons. The lowest BCUT2D eigenvalue weighted by molar-refractivity contribution is 0.530. The lowest BCUT2D eigenvalue weighted by Crippen LogP contribution is -2.24. The molecular weight excluding hydrogens is 321 g/mol.